The van der Waals surface area contributed by atoms with Crippen LogP contribution in [0.25, 0.3) is 0 Å². The van der Waals surface area contributed by atoms with E-state index in [2.05, 4.69) is 10.2 Å². The maximum absolute atomic E-state index is 14.3. The molecule has 3 aliphatic rings. The van der Waals surface area contributed by atoms with Crippen LogP contribution in [0.1, 0.15) is 55.5 Å². The number of hydrogen-bond donors (Lipinski definition) is 1. The lowest BCUT2D eigenvalue weighted by Crippen LogP contribution is -2.60. The van der Waals surface area contributed by atoms with Gasteiger partial charge in [0, 0.05) is 33.8 Å². The van der Waals surface area contributed by atoms with E-state index < -0.39 is 52.4 Å². The number of benzene rings is 1. The van der Waals surface area contributed by atoms with Gasteiger partial charge in [-0.25, -0.2) is 4.39 Å². The quantitative estimate of drug-likeness (QED) is 0.522. The molecule has 4 rings (SSSR count). The SMILES string of the molecule is COC1CC(CN2CN(C)C(=O)C23CCN(C(=O)[C@H](NC(=O)c2cc(C(F)(F)F)ccc2F)C(C)C)CC3)C1. The van der Waals surface area contributed by atoms with Gasteiger partial charge in [0.25, 0.3) is 5.91 Å². The molecule has 12 heteroatoms. The number of likely N-dealkylation sites (tertiary alicyclic amines) is 1. The molecule has 2 heterocycles. The molecule has 1 aromatic carbocycles. The number of rotatable bonds is 7. The second-order valence-corrected chi connectivity index (χ2v) is 11.3. The third-order valence-electron chi connectivity index (χ3n) is 8.40. The highest BCUT2D eigenvalue weighted by atomic mass is 19.4. The minimum absolute atomic E-state index is 0.0333. The zero-order valence-electron chi connectivity index (χ0n) is 22.7. The number of ether oxygens (including phenoxy) is 1. The number of methoxy groups -OCH3 is 1. The Morgan fingerprint density at radius 3 is 2.38 bits per heavy atom. The van der Waals surface area contributed by atoms with Gasteiger partial charge in [-0.15, -0.1) is 0 Å². The van der Waals surface area contributed by atoms with E-state index in [0.717, 1.165) is 19.4 Å². The van der Waals surface area contributed by atoms with Crippen LogP contribution < -0.4 is 5.32 Å². The largest absolute Gasteiger partial charge is 0.416 e. The van der Waals surface area contributed by atoms with Gasteiger partial charge in [-0.2, -0.15) is 13.2 Å². The standard InChI is InChI=1S/C27H36F4N4O4/c1-16(2)22(32-23(36)20-13-18(27(29,30)31)5-6-21(20)28)24(37)34-9-7-26(8-10-34)25(38)33(3)15-35(26)14-17-11-19(12-17)39-4/h5-6,13,16-17,19,22H,7-12,14-15H2,1-4H3,(H,32,36)/t17?,19?,22-/m1/s1. The van der Waals surface area contributed by atoms with Crippen molar-refractivity contribution in [2.45, 2.75) is 63.4 Å². The van der Waals surface area contributed by atoms with Crippen molar-refractivity contribution in [1.29, 1.82) is 0 Å². The summed E-state index contributed by atoms with van der Waals surface area (Å²) in [5, 5.41) is 2.45. The van der Waals surface area contributed by atoms with Crippen LogP contribution in [0.2, 0.25) is 0 Å². The fourth-order valence-electron chi connectivity index (χ4n) is 5.94. The third-order valence-corrected chi connectivity index (χ3v) is 8.40. The van der Waals surface area contributed by atoms with Crippen molar-refractivity contribution in [2.75, 3.05) is 40.5 Å². The summed E-state index contributed by atoms with van der Waals surface area (Å²) >= 11 is 0. The van der Waals surface area contributed by atoms with E-state index in [1.54, 1.807) is 37.8 Å². The zero-order valence-corrected chi connectivity index (χ0v) is 22.7. The molecule has 2 aliphatic heterocycles. The molecule has 3 fully saturated rings. The van der Waals surface area contributed by atoms with Gasteiger partial charge in [0.1, 0.15) is 17.4 Å². The van der Waals surface area contributed by atoms with Crippen LogP contribution in [0.3, 0.4) is 0 Å². The molecule has 1 N–H and O–H groups in total. The minimum Gasteiger partial charge on any atom is -0.381 e. The van der Waals surface area contributed by atoms with Gasteiger partial charge in [0.2, 0.25) is 11.8 Å². The van der Waals surface area contributed by atoms with E-state index >= 15 is 0 Å². The summed E-state index contributed by atoms with van der Waals surface area (Å²) in [6.07, 6.45) is -1.72. The van der Waals surface area contributed by atoms with Gasteiger partial charge in [0.05, 0.1) is 23.9 Å². The van der Waals surface area contributed by atoms with Crippen molar-refractivity contribution in [3.63, 3.8) is 0 Å². The van der Waals surface area contributed by atoms with Crippen LogP contribution in [0.4, 0.5) is 17.6 Å². The van der Waals surface area contributed by atoms with E-state index in [0.29, 0.717) is 43.6 Å². The molecule has 3 amide bonds. The van der Waals surface area contributed by atoms with Crippen molar-refractivity contribution in [1.82, 2.24) is 20.0 Å². The first-order valence-electron chi connectivity index (χ1n) is 13.3. The first-order chi connectivity index (χ1) is 18.3. The zero-order chi connectivity index (χ0) is 28.7. The van der Waals surface area contributed by atoms with Crippen LogP contribution in [0.5, 0.6) is 0 Å². The first kappa shape index (κ1) is 29.3. The lowest BCUT2D eigenvalue weighted by atomic mass is 9.79. The molecule has 1 saturated carbocycles. The van der Waals surface area contributed by atoms with Gasteiger partial charge in [-0.3, -0.25) is 19.3 Å². The summed E-state index contributed by atoms with van der Waals surface area (Å²) in [7, 11) is 3.48. The number of amides is 3. The van der Waals surface area contributed by atoms with Crippen molar-refractivity contribution < 1.29 is 36.7 Å². The normalized spacial score (nSPS) is 24.3. The second kappa shape index (κ2) is 11.0. The minimum atomic E-state index is -4.75. The molecule has 0 bridgehead atoms. The Bertz CT molecular complexity index is 1100. The van der Waals surface area contributed by atoms with Crippen molar-refractivity contribution in [3.8, 4) is 0 Å². The Morgan fingerprint density at radius 1 is 1.18 bits per heavy atom. The van der Waals surface area contributed by atoms with Gasteiger partial charge in [-0.1, -0.05) is 13.8 Å². The number of alkyl halides is 3. The number of carbonyl (C=O) groups excluding carboxylic acids is 3. The number of halogens is 4. The van der Waals surface area contributed by atoms with Crippen molar-refractivity contribution in [3.05, 3.63) is 35.1 Å². The molecule has 1 spiro atoms. The van der Waals surface area contributed by atoms with E-state index in [9.17, 15) is 31.9 Å². The molecule has 0 radical (unpaired) electrons. The molecular weight excluding hydrogens is 520 g/mol. The predicted octanol–water partition coefficient (Wildman–Crippen LogP) is 3.12. The number of piperidine rings is 1. The number of nitrogens with one attached hydrogen (secondary N) is 1. The van der Waals surface area contributed by atoms with Gasteiger partial charge in [0.15, 0.2) is 0 Å². The van der Waals surface area contributed by atoms with Gasteiger partial charge < -0.3 is 19.9 Å². The van der Waals surface area contributed by atoms with Crippen LogP contribution in [-0.4, -0.2) is 90.6 Å². The molecule has 39 heavy (non-hydrogen) atoms. The molecule has 0 unspecified atom stereocenters. The summed E-state index contributed by atoms with van der Waals surface area (Å²) in [5.74, 6) is -2.54. The summed E-state index contributed by atoms with van der Waals surface area (Å²) in [6, 6.07) is 0.533. The lowest BCUT2D eigenvalue weighted by Gasteiger charge is -2.46. The summed E-state index contributed by atoms with van der Waals surface area (Å²) in [5.41, 5.74) is -2.62. The first-order valence-corrected chi connectivity index (χ1v) is 13.3. The molecular formula is C27H36F4N4O4. The summed E-state index contributed by atoms with van der Waals surface area (Å²) in [6.45, 7) is 5.26. The lowest BCUT2D eigenvalue weighted by molar-refractivity contribution is -0.142. The Labute approximate surface area is 225 Å². The number of carbonyl (C=O) groups is 3. The van der Waals surface area contributed by atoms with Crippen molar-refractivity contribution in [2.24, 2.45) is 11.8 Å². The van der Waals surface area contributed by atoms with Gasteiger partial charge in [-0.05, 0) is 55.7 Å². The highest BCUT2D eigenvalue weighted by Crippen LogP contribution is 2.39. The molecule has 1 atom stereocenters. The number of likely N-dealkylation sites (N-methyl/N-ethyl adjacent to an activating group) is 1. The fourth-order valence-corrected chi connectivity index (χ4v) is 5.94. The van der Waals surface area contributed by atoms with E-state index in [1.807, 2.05) is 0 Å². The Hall–Kier alpha value is -2.73. The average Bonchev–Trinajstić information content (AvgIpc) is 3.07. The second-order valence-electron chi connectivity index (χ2n) is 11.3. The fraction of sp³-hybridized carbons (Fsp3) is 0.667. The molecule has 2 saturated heterocycles. The predicted molar refractivity (Wildman–Crippen MR) is 134 cm³/mol. The van der Waals surface area contributed by atoms with E-state index in [1.165, 1.54) is 0 Å². The average molecular weight is 557 g/mol. The van der Waals surface area contributed by atoms with Crippen molar-refractivity contribution >= 4 is 17.7 Å². The van der Waals surface area contributed by atoms with E-state index in [4.69, 9.17) is 4.74 Å². The molecule has 216 valence electrons. The monoisotopic (exact) mass is 556 g/mol. The van der Waals surface area contributed by atoms with E-state index in [-0.39, 0.29) is 25.1 Å². The Morgan fingerprint density at radius 2 is 1.82 bits per heavy atom. The molecule has 1 aliphatic carbocycles. The van der Waals surface area contributed by atoms with Gasteiger partial charge >= 0.3 is 6.18 Å². The third kappa shape index (κ3) is 5.77. The van der Waals surface area contributed by atoms with Crippen LogP contribution in [0.15, 0.2) is 18.2 Å². The Kier molecular flexibility index (Phi) is 8.28. The summed E-state index contributed by atoms with van der Waals surface area (Å²) in [4.78, 5) is 45.0. The topological polar surface area (TPSA) is 82.2 Å². The number of hydrogen-bond acceptors (Lipinski definition) is 5. The highest BCUT2D eigenvalue weighted by Gasteiger charge is 2.54. The number of nitrogens with zero attached hydrogens (tertiary/aromatic N) is 3. The van der Waals surface area contributed by atoms with Crippen LogP contribution >= 0.6 is 0 Å². The maximum Gasteiger partial charge on any atom is 0.416 e. The maximum atomic E-state index is 14.3. The molecule has 0 aromatic heterocycles. The van der Waals surface area contributed by atoms with Crippen LogP contribution in [0, 0.1) is 17.7 Å². The Balaban J connectivity index is 1.43. The summed E-state index contributed by atoms with van der Waals surface area (Å²) < 4.78 is 59.0. The highest BCUT2D eigenvalue weighted by molar-refractivity contribution is 5.98. The molecule has 1 aromatic rings. The van der Waals surface area contributed by atoms with Crippen LogP contribution in [-0.2, 0) is 20.5 Å². The molecule has 8 nitrogen and oxygen atoms in total. The smallest absolute Gasteiger partial charge is 0.381 e.